The van der Waals surface area contributed by atoms with Crippen LogP contribution >= 0.6 is 27.5 Å². The van der Waals surface area contributed by atoms with E-state index in [2.05, 4.69) is 31.4 Å². The molecule has 2 aromatic carbocycles. The van der Waals surface area contributed by atoms with E-state index in [-0.39, 0.29) is 11.7 Å². The Morgan fingerprint density at radius 3 is 2.33 bits per heavy atom. The van der Waals surface area contributed by atoms with Gasteiger partial charge in [0.2, 0.25) is 5.82 Å². The normalized spacial score (nSPS) is 10.7. The van der Waals surface area contributed by atoms with Crippen LogP contribution in [0, 0.1) is 0 Å². The molecule has 0 aliphatic rings. The van der Waals surface area contributed by atoms with Gasteiger partial charge in [-0.1, -0.05) is 16.8 Å². The fourth-order valence-electron chi connectivity index (χ4n) is 2.38. The summed E-state index contributed by atoms with van der Waals surface area (Å²) in [5.74, 6) is 0.738. The number of anilines is 1. The maximum absolute atomic E-state index is 12.1. The smallest absolute Gasteiger partial charge is 0.291 e. The van der Waals surface area contributed by atoms with Crippen molar-refractivity contribution < 1.29 is 13.7 Å². The van der Waals surface area contributed by atoms with Crippen molar-refractivity contribution in [3.05, 3.63) is 76.1 Å². The molecule has 0 saturated carbocycles. The third kappa shape index (κ3) is 3.94. The molecule has 2 aromatic heterocycles. The molecule has 0 spiro atoms. The van der Waals surface area contributed by atoms with Crippen LogP contribution in [0.5, 0.6) is 0 Å². The molecule has 27 heavy (non-hydrogen) atoms. The number of hydrogen-bond acceptors (Lipinski definition) is 5. The van der Waals surface area contributed by atoms with Gasteiger partial charge in [0.15, 0.2) is 10.4 Å². The highest BCUT2D eigenvalue weighted by Crippen LogP contribution is 2.25. The first-order valence-electron chi connectivity index (χ1n) is 7.85. The van der Waals surface area contributed by atoms with E-state index in [9.17, 15) is 4.79 Å². The highest BCUT2D eigenvalue weighted by atomic mass is 79.9. The predicted octanol–water partition coefficient (Wildman–Crippen LogP) is 5.66. The molecule has 0 aliphatic carbocycles. The summed E-state index contributed by atoms with van der Waals surface area (Å²) >= 11 is 9.06. The third-order valence-corrected chi connectivity index (χ3v) is 4.39. The zero-order valence-electron chi connectivity index (χ0n) is 13.6. The summed E-state index contributed by atoms with van der Waals surface area (Å²) in [4.78, 5) is 16.5. The Hall–Kier alpha value is -2.90. The van der Waals surface area contributed by atoms with E-state index in [0.717, 1.165) is 11.1 Å². The van der Waals surface area contributed by atoms with E-state index in [0.29, 0.717) is 27.1 Å². The maximum atomic E-state index is 12.1. The lowest BCUT2D eigenvalue weighted by Crippen LogP contribution is -2.10. The van der Waals surface area contributed by atoms with Crippen molar-refractivity contribution in [1.82, 2.24) is 10.1 Å². The molecule has 1 N–H and O–H groups in total. The first-order chi connectivity index (χ1) is 13.1. The van der Waals surface area contributed by atoms with E-state index in [1.807, 2.05) is 12.1 Å². The summed E-state index contributed by atoms with van der Waals surface area (Å²) in [6.45, 7) is 0. The Kier molecular flexibility index (Phi) is 4.79. The lowest BCUT2D eigenvalue weighted by Gasteiger charge is -2.03. The number of nitrogens with zero attached hydrogens (tertiary/aromatic N) is 2. The van der Waals surface area contributed by atoms with Crippen molar-refractivity contribution in [2.45, 2.75) is 0 Å². The standard InChI is InChI=1S/C19H11BrClN3O3/c20-16-10-9-15(26-16)18(25)22-14-7-3-12(4-8-14)19-23-17(24-27-19)11-1-5-13(21)6-2-11/h1-10H,(H,22,25). The molecule has 0 radical (unpaired) electrons. The molecule has 0 unspecified atom stereocenters. The van der Waals surface area contributed by atoms with Crippen LogP contribution < -0.4 is 5.32 Å². The summed E-state index contributed by atoms with van der Waals surface area (Å²) in [6, 6.07) is 17.5. The SMILES string of the molecule is O=C(Nc1ccc(-c2nc(-c3ccc(Cl)cc3)no2)cc1)c1ccc(Br)o1. The van der Waals surface area contributed by atoms with Gasteiger partial charge in [-0.05, 0) is 76.6 Å². The zero-order chi connectivity index (χ0) is 18.8. The number of aromatic nitrogens is 2. The van der Waals surface area contributed by atoms with Gasteiger partial charge >= 0.3 is 0 Å². The van der Waals surface area contributed by atoms with E-state index in [4.69, 9.17) is 20.5 Å². The molecule has 0 bridgehead atoms. The number of furan rings is 1. The molecule has 0 fully saturated rings. The van der Waals surface area contributed by atoms with Crippen molar-refractivity contribution in [1.29, 1.82) is 0 Å². The molecule has 4 rings (SSSR count). The highest BCUT2D eigenvalue weighted by Gasteiger charge is 2.13. The number of amides is 1. The molecule has 0 atom stereocenters. The fourth-order valence-corrected chi connectivity index (χ4v) is 2.81. The summed E-state index contributed by atoms with van der Waals surface area (Å²) in [5, 5.41) is 7.38. The Bertz CT molecular complexity index is 1090. The Morgan fingerprint density at radius 1 is 0.963 bits per heavy atom. The van der Waals surface area contributed by atoms with Gasteiger partial charge in [-0.15, -0.1) is 0 Å². The van der Waals surface area contributed by atoms with Crippen LogP contribution in [0.1, 0.15) is 10.6 Å². The van der Waals surface area contributed by atoms with E-state index in [1.165, 1.54) is 0 Å². The molecule has 0 saturated heterocycles. The summed E-state index contributed by atoms with van der Waals surface area (Å²) in [6.07, 6.45) is 0. The minimum atomic E-state index is -0.337. The average Bonchev–Trinajstić information content (AvgIpc) is 3.32. The fraction of sp³-hybridized carbons (Fsp3) is 0. The van der Waals surface area contributed by atoms with Gasteiger partial charge in [0.25, 0.3) is 11.8 Å². The van der Waals surface area contributed by atoms with Gasteiger partial charge < -0.3 is 14.3 Å². The molecule has 4 aromatic rings. The molecular weight excluding hydrogens is 434 g/mol. The van der Waals surface area contributed by atoms with Crippen molar-refractivity contribution in [2.75, 3.05) is 5.32 Å². The Labute approximate surface area is 167 Å². The number of benzene rings is 2. The first kappa shape index (κ1) is 17.5. The largest absolute Gasteiger partial charge is 0.444 e. The third-order valence-electron chi connectivity index (χ3n) is 3.72. The second-order valence-electron chi connectivity index (χ2n) is 5.57. The van der Waals surface area contributed by atoms with Gasteiger partial charge in [-0.2, -0.15) is 4.98 Å². The van der Waals surface area contributed by atoms with Crippen LogP contribution in [0.15, 0.2) is 74.3 Å². The number of rotatable bonds is 4. The van der Waals surface area contributed by atoms with Crippen molar-refractivity contribution in [3.63, 3.8) is 0 Å². The van der Waals surface area contributed by atoms with Crippen LogP contribution in [0.2, 0.25) is 5.02 Å². The van der Waals surface area contributed by atoms with Crippen LogP contribution in [-0.4, -0.2) is 16.0 Å². The summed E-state index contributed by atoms with van der Waals surface area (Å²) in [5.41, 5.74) is 2.16. The molecule has 8 heteroatoms. The Morgan fingerprint density at radius 2 is 1.67 bits per heavy atom. The predicted molar refractivity (Wildman–Crippen MR) is 105 cm³/mol. The molecule has 1 amide bonds. The van der Waals surface area contributed by atoms with E-state index < -0.39 is 0 Å². The topological polar surface area (TPSA) is 81.2 Å². The van der Waals surface area contributed by atoms with Crippen molar-refractivity contribution in [2.24, 2.45) is 0 Å². The van der Waals surface area contributed by atoms with Gasteiger partial charge in [-0.3, -0.25) is 4.79 Å². The van der Waals surface area contributed by atoms with E-state index >= 15 is 0 Å². The second-order valence-corrected chi connectivity index (χ2v) is 6.78. The minimum Gasteiger partial charge on any atom is -0.444 e. The molecule has 0 aliphatic heterocycles. The van der Waals surface area contributed by atoms with Crippen molar-refractivity contribution >= 4 is 39.1 Å². The lowest BCUT2D eigenvalue weighted by molar-refractivity contribution is 0.0995. The highest BCUT2D eigenvalue weighted by molar-refractivity contribution is 9.10. The lowest BCUT2D eigenvalue weighted by atomic mass is 10.2. The average molecular weight is 445 g/mol. The number of carbonyl (C=O) groups is 1. The second kappa shape index (κ2) is 7.38. The van der Waals surface area contributed by atoms with Crippen LogP contribution in [0.3, 0.4) is 0 Å². The van der Waals surface area contributed by atoms with Gasteiger partial charge in [0, 0.05) is 21.8 Å². The molecular formula is C19H11BrClN3O3. The van der Waals surface area contributed by atoms with Crippen LogP contribution in [0.25, 0.3) is 22.8 Å². The molecule has 6 nitrogen and oxygen atoms in total. The zero-order valence-corrected chi connectivity index (χ0v) is 16.0. The van der Waals surface area contributed by atoms with Crippen LogP contribution in [0.4, 0.5) is 5.69 Å². The first-order valence-corrected chi connectivity index (χ1v) is 9.02. The monoisotopic (exact) mass is 443 g/mol. The number of halogens is 2. The number of hydrogen-bond donors (Lipinski definition) is 1. The summed E-state index contributed by atoms with van der Waals surface area (Å²) in [7, 11) is 0. The van der Waals surface area contributed by atoms with Gasteiger partial charge in [0.05, 0.1) is 0 Å². The Balaban J connectivity index is 1.49. The quantitative estimate of drug-likeness (QED) is 0.439. The minimum absolute atomic E-state index is 0.218. The van der Waals surface area contributed by atoms with Crippen molar-refractivity contribution in [3.8, 4) is 22.8 Å². The summed E-state index contributed by atoms with van der Waals surface area (Å²) < 4.78 is 11.0. The van der Waals surface area contributed by atoms with E-state index in [1.54, 1.807) is 48.5 Å². The number of carbonyl (C=O) groups excluding carboxylic acids is 1. The van der Waals surface area contributed by atoms with Gasteiger partial charge in [0.1, 0.15) is 0 Å². The maximum Gasteiger partial charge on any atom is 0.291 e. The van der Waals surface area contributed by atoms with Crippen LogP contribution in [-0.2, 0) is 0 Å². The molecule has 2 heterocycles. The van der Waals surface area contributed by atoms with Gasteiger partial charge in [-0.25, -0.2) is 0 Å². The number of nitrogens with one attached hydrogen (secondary N) is 1. The molecule has 134 valence electrons.